The largest absolute Gasteiger partial charge is 0.478 e. The summed E-state index contributed by atoms with van der Waals surface area (Å²) in [6.45, 7) is 0. The summed E-state index contributed by atoms with van der Waals surface area (Å²) in [5.41, 5.74) is 1.83. The number of thiophene rings is 1. The quantitative estimate of drug-likeness (QED) is 0.802. The van der Waals surface area contributed by atoms with Gasteiger partial charge in [-0.3, -0.25) is 0 Å². The molecule has 0 aliphatic carbocycles. The van der Waals surface area contributed by atoms with Gasteiger partial charge < -0.3 is 5.11 Å². The fraction of sp³-hybridized carbons (Fsp3) is 0. The summed E-state index contributed by atoms with van der Waals surface area (Å²) >= 11 is 2.84. The molecular weight excluding hydrogens is 282 g/mol. The first kappa shape index (κ1) is 11.9. The molecule has 0 fully saturated rings. The van der Waals surface area contributed by atoms with Crippen LogP contribution in [0.5, 0.6) is 0 Å². The van der Waals surface area contributed by atoms with Crippen molar-refractivity contribution in [3.05, 3.63) is 41.0 Å². The topological polar surface area (TPSA) is 76.0 Å². The summed E-state index contributed by atoms with van der Waals surface area (Å²) in [5, 5.41) is 13.2. The zero-order valence-corrected chi connectivity index (χ0v) is 11.1. The molecular formula is C12H7N3O2S2. The van der Waals surface area contributed by atoms with Crippen LogP contribution < -0.4 is 0 Å². The van der Waals surface area contributed by atoms with E-state index in [4.69, 9.17) is 5.11 Å². The highest BCUT2D eigenvalue weighted by Gasteiger charge is 2.12. The Labute approximate surface area is 116 Å². The van der Waals surface area contributed by atoms with Crippen molar-refractivity contribution in [1.82, 2.24) is 15.0 Å². The highest BCUT2D eigenvalue weighted by atomic mass is 32.1. The average Bonchev–Trinajstić information content (AvgIpc) is 3.09. The van der Waals surface area contributed by atoms with Gasteiger partial charge in [0.15, 0.2) is 0 Å². The number of thiazole rings is 1. The van der Waals surface area contributed by atoms with Crippen molar-refractivity contribution >= 4 is 28.6 Å². The second kappa shape index (κ2) is 4.87. The molecule has 0 aliphatic rings. The Bertz CT molecular complexity index is 721. The molecule has 0 saturated heterocycles. The van der Waals surface area contributed by atoms with Crippen molar-refractivity contribution in [2.75, 3.05) is 0 Å². The molecule has 0 unspecified atom stereocenters. The molecule has 94 valence electrons. The van der Waals surface area contributed by atoms with Crippen LogP contribution in [0.25, 0.3) is 21.3 Å². The predicted molar refractivity (Wildman–Crippen MR) is 73.4 cm³/mol. The summed E-state index contributed by atoms with van der Waals surface area (Å²) in [7, 11) is 0. The van der Waals surface area contributed by atoms with Crippen LogP contribution in [0.3, 0.4) is 0 Å². The maximum Gasteiger partial charge on any atom is 0.336 e. The van der Waals surface area contributed by atoms with Gasteiger partial charge in [-0.1, -0.05) is 0 Å². The Balaban J connectivity index is 1.94. The zero-order valence-electron chi connectivity index (χ0n) is 9.48. The Morgan fingerprint density at radius 1 is 1.21 bits per heavy atom. The summed E-state index contributed by atoms with van der Waals surface area (Å²) < 4.78 is 0. The molecule has 3 rings (SSSR count). The van der Waals surface area contributed by atoms with Crippen molar-refractivity contribution in [2.24, 2.45) is 0 Å². The molecule has 0 saturated carbocycles. The highest BCUT2D eigenvalue weighted by molar-refractivity contribution is 7.15. The number of aromatic nitrogens is 3. The van der Waals surface area contributed by atoms with E-state index in [1.54, 1.807) is 23.7 Å². The van der Waals surface area contributed by atoms with Crippen LogP contribution in [0.15, 0.2) is 35.4 Å². The predicted octanol–water partition coefficient (Wildman–Crippen LogP) is 3.03. The Hall–Kier alpha value is -2.12. The van der Waals surface area contributed by atoms with Crippen molar-refractivity contribution < 1.29 is 9.90 Å². The first-order valence-electron chi connectivity index (χ1n) is 5.28. The number of hydrogen-bond donors (Lipinski definition) is 1. The minimum absolute atomic E-state index is 0.289. The number of rotatable bonds is 3. The molecule has 3 aromatic rings. The Morgan fingerprint density at radius 2 is 2.11 bits per heavy atom. The van der Waals surface area contributed by atoms with Crippen LogP contribution in [0, 0.1) is 0 Å². The standard InChI is InChI=1S/C12H7N3O2S2/c16-12(17)7-3-10(18-4-7)9-5-19-11(15-9)8-1-2-13-6-14-8/h1-6H,(H,16,17). The lowest BCUT2D eigenvalue weighted by molar-refractivity contribution is 0.0697. The summed E-state index contributed by atoms with van der Waals surface area (Å²) in [5.74, 6) is -0.922. The van der Waals surface area contributed by atoms with Crippen LogP contribution >= 0.6 is 22.7 Å². The van der Waals surface area contributed by atoms with Gasteiger partial charge in [0, 0.05) is 17.0 Å². The monoisotopic (exact) mass is 289 g/mol. The molecule has 0 aliphatic heterocycles. The van der Waals surface area contributed by atoms with Gasteiger partial charge in [0.1, 0.15) is 17.0 Å². The van der Waals surface area contributed by atoms with E-state index in [2.05, 4.69) is 15.0 Å². The van der Waals surface area contributed by atoms with Gasteiger partial charge in [-0.15, -0.1) is 22.7 Å². The first-order chi connectivity index (χ1) is 9.24. The normalized spacial score (nSPS) is 10.5. The van der Waals surface area contributed by atoms with Gasteiger partial charge >= 0.3 is 5.97 Å². The van der Waals surface area contributed by atoms with Gasteiger partial charge in [-0.25, -0.2) is 19.7 Å². The third kappa shape index (κ3) is 2.38. The summed E-state index contributed by atoms with van der Waals surface area (Å²) in [6, 6.07) is 3.42. The second-order valence-electron chi connectivity index (χ2n) is 3.64. The van der Waals surface area contributed by atoms with E-state index in [0.717, 1.165) is 21.3 Å². The molecule has 0 aromatic carbocycles. The number of hydrogen-bond acceptors (Lipinski definition) is 6. The van der Waals surface area contributed by atoms with Crippen molar-refractivity contribution in [1.29, 1.82) is 0 Å². The number of nitrogens with zero attached hydrogens (tertiary/aromatic N) is 3. The van der Waals surface area contributed by atoms with Crippen LogP contribution in [-0.4, -0.2) is 26.0 Å². The lowest BCUT2D eigenvalue weighted by atomic mass is 10.3. The molecule has 5 nitrogen and oxygen atoms in total. The van der Waals surface area contributed by atoms with E-state index >= 15 is 0 Å². The molecule has 0 amide bonds. The van der Waals surface area contributed by atoms with Crippen LogP contribution in [0.2, 0.25) is 0 Å². The lowest BCUT2D eigenvalue weighted by Crippen LogP contribution is -1.91. The maximum absolute atomic E-state index is 10.8. The molecule has 0 bridgehead atoms. The van der Waals surface area contributed by atoms with E-state index in [0.29, 0.717) is 0 Å². The van der Waals surface area contributed by atoms with Crippen LogP contribution in [0.4, 0.5) is 0 Å². The zero-order chi connectivity index (χ0) is 13.2. The molecule has 1 N–H and O–H groups in total. The molecule has 0 atom stereocenters. The number of carboxylic acid groups (broad SMARTS) is 1. The van der Waals surface area contributed by atoms with Crippen molar-refractivity contribution in [2.45, 2.75) is 0 Å². The Kier molecular flexibility index (Phi) is 3.06. The minimum Gasteiger partial charge on any atom is -0.478 e. The van der Waals surface area contributed by atoms with Crippen molar-refractivity contribution in [3.63, 3.8) is 0 Å². The summed E-state index contributed by atoms with van der Waals surface area (Å²) in [4.78, 5) is 24.2. The van der Waals surface area contributed by atoms with Crippen LogP contribution in [-0.2, 0) is 0 Å². The number of aromatic carboxylic acids is 1. The third-order valence-electron chi connectivity index (χ3n) is 2.40. The first-order valence-corrected chi connectivity index (χ1v) is 7.04. The van der Waals surface area contributed by atoms with E-state index in [-0.39, 0.29) is 5.56 Å². The fourth-order valence-electron chi connectivity index (χ4n) is 1.50. The number of carbonyl (C=O) groups is 1. The lowest BCUT2D eigenvalue weighted by Gasteiger charge is -1.92. The average molecular weight is 289 g/mol. The third-order valence-corrected chi connectivity index (χ3v) is 4.22. The molecule has 3 aromatic heterocycles. The van der Waals surface area contributed by atoms with E-state index in [1.807, 2.05) is 5.38 Å². The smallest absolute Gasteiger partial charge is 0.336 e. The highest BCUT2D eigenvalue weighted by Crippen LogP contribution is 2.31. The second-order valence-corrected chi connectivity index (χ2v) is 5.41. The number of carboxylic acids is 1. The molecule has 0 radical (unpaired) electrons. The van der Waals surface area contributed by atoms with Gasteiger partial charge in [-0.2, -0.15) is 0 Å². The van der Waals surface area contributed by atoms with Gasteiger partial charge in [-0.05, 0) is 12.1 Å². The minimum atomic E-state index is -0.922. The fourth-order valence-corrected chi connectivity index (χ4v) is 3.22. The van der Waals surface area contributed by atoms with Gasteiger partial charge in [0.2, 0.25) is 0 Å². The molecule has 7 heteroatoms. The maximum atomic E-state index is 10.8. The van der Waals surface area contributed by atoms with Gasteiger partial charge in [0.25, 0.3) is 0 Å². The van der Waals surface area contributed by atoms with E-state index in [9.17, 15) is 4.79 Å². The summed E-state index contributed by atoms with van der Waals surface area (Å²) in [6.07, 6.45) is 3.14. The molecule has 19 heavy (non-hydrogen) atoms. The molecule has 0 spiro atoms. The Morgan fingerprint density at radius 3 is 2.79 bits per heavy atom. The van der Waals surface area contributed by atoms with Gasteiger partial charge in [0.05, 0.1) is 16.1 Å². The SMILES string of the molecule is O=C(O)c1csc(-c2csc(-c3ccncn3)n2)c1. The van der Waals surface area contributed by atoms with E-state index in [1.165, 1.54) is 29.0 Å². The van der Waals surface area contributed by atoms with Crippen LogP contribution in [0.1, 0.15) is 10.4 Å². The molecule has 3 heterocycles. The van der Waals surface area contributed by atoms with Crippen molar-refractivity contribution in [3.8, 4) is 21.3 Å². The van der Waals surface area contributed by atoms with E-state index < -0.39 is 5.97 Å².